The van der Waals surface area contributed by atoms with Crippen molar-refractivity contribution in [2.45, 2.75) is 26.3 Å². The lowest BCUT2D eigenvalue weighted by molar-refractivity contribution is -0.124. The van der Waals surface area contributed by atoms with E-state index in [1.807, 2.05) is 6.92 Å². The minimum absolute atomic E-state index is 0.302. The number of nitrogens with zero attached hydrogens (tertiary/aromatic N) is 2. The highest BCUT2D eigenvalue weighted by Crippen LogP contribution is 2.08. The second-order valence-corrected chi connectivity index (χ2v) is 5.88. The highest BCUT2D eigenvalue weighted by atomic mass is 16.1. The number of nitrogens with two attached hydrogens (primary N) is 1. The highest BCUT2D eigenvalue weighted by Gasteiger charge is 2.31. The summed E-state index contributed by atoms with van der Waals surface area (Å²) in [5.74, 6) is 0.268. The van der Waals surface area contributed by atoms with Gasteiger partial charge in [-0.15, -0.1) is 0 Å². The molecule has 0 bridgehead atoms. The number of nitrogens with one attached hydrogen (secondary N) is 1. The number of hydrogen-bond donors (Lipinski definition) is 2. The van der Waals surface area contributed by atoms with Gasteiger partial charge in [-0.3, -0.25) is 9.69 Å². The summed E-state index contributed by atoms with van der Waals surface area (Å²) in [4.78, 5) is 16.0. The maximum atomic E-state index is 11.5. The zero-order valence-electron chi connectivity index (χ0n) is 12.8. The Hall–Kier alpha value is -0.650. The van der Waals surface area contributed by atoms with Crippen molar-refractivity contribution in [2.75, 3.05) is 47.3 Å². The summed E-state index contributed by atoms with van der Waals surface area (Å²) >= 11 is 0. The molecule has 0 aliphatic rings. The third-order valence-corrected chi connectivity index (χ3v) is 3.12. The molecule has 0 spiro atoms. The molecule has 1 unspecified atom stereocenters. The summed E-state index contributed by atoms with van der Waals surface area (Å²) in [7, 11) is 5.89. The summed E-state index contributed by atoms with van der Waals surface area (Å²) < 4.78 is 0. The van der Waals surface area contributed by atoms with E-state index in [-0.39, 0.29) is 5.91 Å². The van der Waals surface area contributed by atoms with Crippen molar-refractivity contribution in [3.8, 4) is 0 Å². The Morgan fingerprint density at radius 1 is 1.33 bits per heavy atom. The van der Waals surface area contributed by atoms with Crippen LogP contribution in [0.4, 0.5) is 0 Å². The molecule has 0 saturated carbocycles. The van der Waals surface area contributed by atoms with Crippen LogP contribution in [0.15, 0.2) is 0 Å². The first kappa shape index (κ1) is 17.4. The number of primary amides is 1. The van der Waals surface area contributed by atoms with Gasteiger partial charge >= 0.3 is 0 Å². The lowest BCUT2D eigenvalue weighted by atomic mass is 10.0. The number of hydrogen-bond acceptors (Lipinski definition) is 4. The van der Waals surface area contributed by atoms with Crippen LogP contribution in [0.25, 0.3) is 0 Å². The molecule has 1 amide bonds. The number of carbonyl (C=O) groups is 1. The molecule has 0 aliphatic heterocycles. The molecule has 0 rings (SSSR count). The van der Waals surface area contributed by atoms with E-state index in [2.05, 4.69) is 43.1 Å². The molecular weight excluding hydrogens is 228 g/mol. The van der Waals surface area contributed by atoms with Crippen molar-refractivity contribution in [1.82, 2.24) is 15.1 Å². The molecule has 0 saturated heterocycles. The number of rotatable bonds is 9. The van der Waals surface area contributed by atoms with E-state index in [4.69, 9.17) is 5.73 Å². The molecular formula is C13H30N4O. The van der Waals surface area contributed by atoms with Crippen molar-refractivity contribution in [1.29, 1.82) is 0 Å². The van der Waals surface area contributed by atoms with Crippen LogP contribution in [-0.2, 0) is 4.79 Å². The molecule has 0 aromatic carbocycles. The van der Waals surface area contributed by atoms with E-state index in [0.717, 1.165) is 19.6 Å². The van der Waals surface area contributed by atoms with Crippen LogP contribution in [0.2, 0.25) is 0 Å². The van der Waals surface area contributed by atoms with Gasteiger partial charge in [0.05, 0.1) is 0 Å². The summed E-state index contributed by atoms with van der Waals surface area (Å²) in [5, 5.41) is 3.04. The van der Waals surface area contributed by atoms with E-state index in [9.17, 15) is 4.79 Å². The van der Waals surface area contributed by atoms with Gasteiger partial charge in [0.2, 0.25) is 5.91 Å². The normalized spacial score (nSPS) is 15.4. The lowest BCUT2D eigenvalue weighted by Crippen LogP contribution is -2.59. The largest absolute Gasteiger partial charge is 0.368 e. The topological polar surface area (TPSA) is 61.6 Å². The predicted molar refractivity (Wildman–Crippen MR) is 76.5 cm³/mol. The van der Waals surface area contributed by atoms with Crippen molar-refractivity contribution in [3.05, 3.63) is 0 Å². The summed E-state index contributed by atoms with van der Waals surface area (Å²) in [6, 6.07) is 0. The van der Waals surface area contributed by atoms with Crippen molar-refractivity contribution in [3.63, 3.8) is 0 Å². The number of carbonyl (C=O) groups excluding carboxylic acids is 1. The van der Waals surface area contributed by atoms with Crippen LogP contribution >= 0.6 is 0 Å². The second-order valence-electron chi connectivity index (χ2n) is 5.88. The molecule has 0 heterocycles. The fourth-order valence-electron chi connectivity index (χ4n) is 1.82. The van der Waals surface area contributed by atoms with E-state index < -0.39 is 5.54 Å². The monoisotopic (exact) mass is 258 g/mol. The smallest absolute Gasteiger partial charge is 0.238 e. The Bertz CT molecular complexity index is 255. The first-order valence-electron chi connectivity index (χ1n) is 6.57. The molecule has 5 nitrogen and oxygen atoms in total. The molecule has 3 N–H and O–H groups in total. The second kappa shape index (κ2) is 7.71. The van der Waals surface area contributed by atoms with Crippen molar-refractivity contribution < 1.29 is 4.79 Å². The maximum Gasteiger partial charge on any atom is 0.238 e. The lowest BCUT2D eigenvalue weighted by Gasteiger charge is -2.34. The van der Waals surface area contributed by atoms with Gasteiger partial charge in [-0.25, -0.2) is 0 Å². The first-order valence-corrected chi connectivity index (χ1v) is 6.57. The van der Waals surface area contributed by atoms with Gasteiger partial charge in [-0.1, -0.05) is 13.8 Å². The Labute approximate surface area is 112 Å². The molecule has 18 heavy (non-hydrogen) atoms. The van der Waals surface area contributed by atoms with Crippen LogP contribution in [0, 0.1) is 5.92 Å². The van der Waals surface area contributed by atoms with Gasteiger partial charge in [0.15, 0.2) is 0 Å². The Balaban J connectivity index is 4.59. The molecule has 5 heteroatoms. The molecule has 0 fully saturated rings. The van der Waals surface area contributed by atoms with Crippen molar-refractivity contribution in [2.24, 2.45) is 11.7 Å². The van der Waals surface area contributed by atoms with Crippen LogP contribution in [0.5, 0.6) is 0 Å². The van der Waals surface area contributed by atoms with Crippen LogP contribution in [0.1, 0.15) is 20.8 Å². The van der Waals surface area contributed by atoms with Gasteiger partial charge in [-0.2, -0.15) is 0 Å². The average molecular weight is 258 g/mol. The molecule has 0 aromatic rings. The van der Waals surface area contributed by atoms with Gasteiger partial charge in [0, 0.05) is 26.2 Å². The van der Waals surface area contributed by atoms with Crippen LogP contribution in [-0.4, -0.2) is 68.6 Å². The fraction of sp³-hybridized carbons (Fsp3) is 0.923. The molecule has 0 aliphatic carbocycles. The van der Waals surface area contributed by atoms with E-state index in [1.54, 1.807) is 7.05 Å². The van der Waals surface area contributed by atoms with E-state index in [0.29, 0.717) is 12.5 Å². The molecule has 1 atom stereocenters. The van der Waals surface area contributed by atoms with Crippen LogP contribution in [0.3, 0.4) is 0 Å². The third-order valence-electron chi connectivity index (χ3n) is 3.12. The number of amides is 1. The highest BCUT2D eigenvalue weighted by molar-refractivity contribution is 5.84. The van der Waals surface area contributed by atoms with Crippen molar-refractivity contribution >= 4 is 5.91 Å². The number of likely N-dealkylation sites (N-methyl/N-ethyl adjacent to an activating group) is 2. The zero-order chi connectivity index (χ0) is 14.3. The maximum absolute atomic E-state index is 11.5. The van der Waals surface area contributed by atoms with Gasteiger partial charge in [0.1, 0.15) is 5.54 Å². The minimum Gasteiger partial charge on any atom is -0.368 e. The van der Waals surface area contributed by atoms with Gasteiger partial charge in [-0.05, 0) is 34.0 Å². The Morgan fingerprint density at radius 3 is 2.22 bits per heavy atom. The SMILES string of the molecule is CNC(C)(CN(CCN(C)C)CC(C)C)C(N)=O. The standard InChI is InChI=1S/C13H30N4O/c1-11(2)9-17(8-7-16(5)6)10-13(3,15-4)12(14)18/h11,15H,7-10H2,1-6H3,(H2,14,18). The first-order chi connectivity index (χ1) is 8.21. The zero-order valence-corrected chi connectivity index (χ0v) is 12.8. The Kier molecular flexibility index (Phi) is 7.43. The van der Waals surface area contributed by atoms with E-state index >= 15 is 0 Å². The summed E-state index contributed by atoms with van der Waals surface area (Å²) in [6.07, 6.45) is 0. The Morgan fingerprint density at radius 2 is 1.89 bits per heavy atom. The van der Waals surface area contributed by atoms with Gasteiger partial charge in [0.25, 0.3) is 0 Å². The third kappa shape index (κ3) is 6.33. The predicted octanol–water partition coefficient (Wildman–Crippen LogP) is -0.0306. The van der Waals surface area contributed by atoms with Gasteiger partial charge < -0.3 is 16.0 Å². The fourth-order valence-corrected chi connectivity index (χ4v) is 1.82. The molecule has 108 valence electrons. The average Bonchev–Trinajstić information content (AvgIpc) is 2.24. The quantitative estimate of drug-likeness (QED) is 0.610. The molecule has 0 aromatic heterocycles. The van der Waals surface area contributed by atoms with Crippen LogP contribution < -0.4 is 11.1 Å². The molecule has 0 radical (unpaired) electrons. The minimum atomic E-state index is -0.665. The van der Waals surface area contributed by atoms with E-state index in [1.165, 1.54) is 0 Å². The summed E-state index contributed by atoms with van der Waals surface area (Å²) in [5.41, 5.74) is 4.81. The summed E-state index contributed by atoms with van der Waals surface area (Å²) in [6.45, 7) is 9.76.